The van der Waals surface area contributed by atoms with Crippen molar-refractivity contribution < 1.29 is 19.4 Å². The van der Waals surface area contributed by atoms with Gasteiger partial charge in [-0.05, 0) is 24.6 Å². The molecule has 11 heteroatoms. The summed E-state index contributed by atoms with van der Waals surface area (Å²) < 4.78 is 7.43. The van der Waals surface area contributed by atoms with Gasteiger partial charge in [0.2, 0.25) is 0 Å². The zero-order chi connectivity index (χ0) is 30.8. The molecule has 3 heterocycles. The zero-order valence-electron chi connectivity index (χ0n) is 24.4. The highest BCUT2D eigenvalue weighted by Gasteiger charge is 2.35. The maximum Gasteiger partial charge on any atom is 0.338 e. The number of nitrogens with zero attached hydrogens (tertiary/aromatic N) is 4. The predicted molar refractivity (Wildman–Crippen MR) is 169 cm³/mol. The summed E-state index contributed by atoms with van der Waals surface area (Å²) in [4.78, 5) is 48.1. The monoisotopic (exact) mass is 610 g/mol. The van der Waals surface area contributed by atoms with Crippen LogP contribution in [0.15, 0.2) is 94.2 Å². The minimum Gasteiger partial charge on any atom is -0.463 e. The van der Waals surface area contributed by atoms with E-state index >= 15 is 0 Å². The molecule has 0 unspecified atom stereocenters. The molecule has 1 saturated heterocycles. The standard InChI is InChI=1S/C33H31N5O5S/c1-3-43-32(40)28-29(22-10-6-4-7-11-22)34-33-37(30(28)23-12-8-5-9-13-23)31(39)27(44-33)21-24-20-25(38(41)42)14-15-26(24)36-18-16-35(2)17-19-36/h4-15,20-21,30H,3,16-19H2,1-2H3/p+1/b27-21+/t30-/m0/s1. The topological polar surface area (TPSA) is 111 Å². The van der Waals surface area contributed by atoms with Crippen LogP contribution in [0.5, 0.6) is 0 Å². The number of benzene rings is 3. The van der Waals surface area contributed by atoms with Gasteiger partial charge in [-0.1, -0.05) is 72.0 Å². The summed E-state index contributed by atoms with van der Waals surface area (Å²) in [6, 6.07) is 22.8. The number of aromatic nitrogens is 1. The molecule has 1 aromatic heterocycles. The highest BCUT2D eigenvalue weighted by Crippen LogP contribution is 2.35. The van der Waals surface area contributed by atoms with Crippen molar-refractivity contribution in [2.45, 2.75) is 13.0 Å². The van der Waals surface area contributed by atoms with E-state index in [4.69, 9.17) is 9.73 Å². The predicted octanol–water partition coefficient (Wildman–Crippen LogP) is 2.18. The van der Waals surface area contributed by atoms with Crippen molar-refractivity contribution in [2.24, 2.45) is 4.99 Å². The molecule has 6 rings (SSSR count). The van der Waals surface area contributed by atoms with Gasteiger partial charge in [0, 0.05) is 28.9 Å². The Hall–Kier alpha value is -4.87. The van der Waals surface area contributed by atoms with E-state index in [0.717, 1.165) is 43.0 Å². The Kier molecular flexibility index (Phi) is 8.23. The van der Waals surface area contributed by atoms with Gasteiger partial charge in [-0.3, -0.25) is 19.5 Å². The molecule has 4 aromatic rings. The fraction of sp³-hybridized carbons (Fsp3) is 0.242. The van der Waals surface area contributed by atoms with E-state index in [2.05, 4.69) is 11.9 Å². The average Bonchev–Trinajstić information content (AvgIpc) is 3.35. The number of likely N-dealkylation sites (N-methyl/N-ethyl adjacent to an activating group) is 1. The number of rotatable bonds is 7. The molecule has 0 aliphatic carbocycles. The molecule has 0 spiro atoms. The lowest BCUT2D eigenvalue weighted by Crippen LogP contribution is -3.12. The van der Waals surface area contributed by atoms with E-state index in [1.54, 1.807) is 23.6 Å². The number of piperazine rings is 1. The molecule has 3 aromatic carbocycles. The maximum atomic E-state index is 14.3. The van der Waals surface area contributed by atoms with Crippen LogP contribution in [0.3, 0.4) is 0 Å². The Morgan fingerprint density at radius 2 is 1.77 bits per heavy atom. The van der Waals surface area contributed by atoms with Gasteiger partial charge in [-0.15, -0.1) is 0 Å². The van der Waals surface area contributed by atoms with E-state index in [9.17, 15) is 19.7 Å². The first kappa shape index (κ1) is 29.2. The Morgan fingerprint density at radius 1 is 1.09 bits per heavy atom. The number of hydrogen-bond donors (Lipinski definition) is 1. The molecule has 2 aliphatic heterocycles. The molecule has 2 aliphatic rings. The fourth-order valence-electron chi connectivity index (χ4n) is 5.72. The smallest absolute Gasteiger partial charge is 0.338 e. The van der Waals surface area contributed by atoms with Crippen LogP contribution in [0, 0.1) is 10.1 Å². The maximum absolute atomic E-state index is 14.3. The highest BCUT2D eigenvalue weighted by molar-refractivity contribution is 7.07. The minimum absolute atomic E-state index is 0.0503. The second-order valence-corrected chi connectivity index (χ2v) is 11.8. The van der Waals surface area contributed by atoms with Gasteiger partial charge in [0.05, 0.1) is 66.6 Å². The number of anilines is 1. The third kappa shape index (κ3) is 5.59. The Morgan fingerprint density at radius 3 is 2.43 bits per heavy atom. The van der Waals surface area contributed by atoms with Crippen LogP contribution in [-0.2, 0) is 9.53 Å². The van der Waals surface area contributed by atoms with Crippen LogP contribution in [0.2, 0.25) is 0 Å². The second-order valence-electron chi connectivity index (χ2n) is 10.8. The number of nitro benzene ring substituents is 1. The summed E-state index contributed by atoms with van der Waals surface area (Å²) >= 11 is 1.20. The molecule has 1 atom stereocenters. The molecule has 0 amide bonds. The molecule has 0 bridgehead atoms. The number of esters is 1. The van der Waals surface area contributed by atoms with Gasteiger partial charge in [0.25, 0.3) is 11.2 Å². The molecular formula is C33H32N5O5S+. The lowest BCUT2D eigenvalue weighted by Gasteiger charge is -2.32. The number of nitro groups is 1. The summed E-state index contributed by atoms with van der Waals surface area (Å²) in [5.74, 6) is -0.545. The van der Waals surface area contributed by atoms with Crippen LogP contribution in [0.25, 0.3) is 11.8 Å². The third-order valence-corrected chi connectivity index (χ3v) is 8.94. The lowest BCUT2D eigenvalue weighted by atomic mass is 9.93. The summed E-state index contributed by atoms with van der Waals surface area (Å²) in [5, 5.41) is 11.7. The summed E-state index contributed by atoms with van der Waals surface area (Å²) in [5.41, 5.74) is 3.23. The molecule has 10 nitrogen and oxygen atoms in total. The normalized spacial score (nSPS) is 17.3. The molecular weight excluding hydrogens is 578 g/mol. The van der Waals surface area contributed by atoms with E-state index < -0.39 is 16.9 Å². The number of fused-ring (bicyclic) bond motifs is 1. The number of ether oxygens (including phenoxy) is 1. The molecule has 0 radical (unpaired) electrons. The van der Waals surface area contributed by atoms with Crippen molar-refractivity contribution in [2.75, 3.05) is 44.7 Å². The van der Waals surface area contributed by atoms with Crippen molar-refractivity contribution in [1.82, 2.24) is 4.57 Å². The van der Waals surface area contributed by atoms with E-state index in [1.165, 1.54) is 28.4 Å². The van der Waals surface area contributed by atoms with Crippen LogP contribution in [0.4, 0.5) is 11.4 Å². The summed E-state index contributed by atoms with van der Waals surface area (Å²) in [6.45, 7) is 5.38. The van der Waals surface area contributed by atoms with Gasteiger partial charge in [-0.2, -0.15) is 0 Å². The molecule has 0 saturated carbocycles. The van der Waals surface area contributed by atoms with Crippen molar-refractivity contribution >= 4 is 40.5 Å². The molecule has 1 fully saturated rings. The Bertz CT molecular complexity index is 1930. The van der Waals surface area contributed by atoms with Gasteiger partial charge in [0.1, 0.15) is 0 Å². The molecule has 1 N–H and O–H groups in total. The lowest BCUT2D eigenvalue weighted by molar-refractivity contribution is -0.880. The second kappa shape index (κ2) is 12.4. The first-order valence-electron chi connectivity index (χ1n) is 14.5. The number of carbonyl (C=O) groups excluding carboxylic acids is 1. The van der Waals surface area contributed by atoms with E-state index in [0.29, 0.717) is 20.6 Å². The van der Waals surface area contributed by atoms with Crippen molar-refractivity contribution in [3.05, 3.63) is 131 Å². The minimum atomic E-state index is -0.783. The van der Waals surface area contributed by atoms with Crippen LogP contribution in [0.1, 0.15) is 29.7 Å². The van der Waals surface area contributed by atoms with Gasteiger partial charge >= 0.3 is 5.97 Å². The zero-order valence-corrected chi connectivity index (χ0v) is 25.3. The van der Waals surface area contributed by atoms with Gasteiger partial charge < -0.3 is 14.5 Å². The number of carbonyl (C=O) groups is 1. The van der Waals surface area contributed by atoms with Crippen molar-refractivity contribution in [1.29, 1.82) is 0 Å². The van der Waals surface area contributed by atoms with E-state index in [-0.39, 0.29) is 23.4 Å². The number of quaternary nitrogens is 1. The van der Waals surface area contributed by atoms with Crippen LogP contribution < -0.4 is 24.7 Å². The number of hydrogen-bond acceptors (Lipinski definition) is 8. The van der Waals surface area contributed by atoms with Gasteiger partial charge in [0.15, 0.2) is 4.80 Å². The largest absolute Gasteiger partial charge is 0.463 e. The number of nitrogens with one attached hydrogen (secondary N) is 1. The van der Waals surface area contributed by atoms with Crippen LogP contribution in [-0.4, -0.2) is 55.3 Å². The summed E-state index contributed by atoms with van der Waals surface area (Å²) in [7, 11) is 2.15. The SMILES string of the molecule is CCOC(=O)C1=C(c2ccccc2)N=c2s/c(=C/c3cc([N+](=O)[O-])ccc3N3CC[NH+](C)CC3)c(=O)n2[C@H]1c1ccccc1. The molecule has 44 heavy (non-hydrogen) atoms. The van der Waals surface area contributed by atoms with Crippen molar-refractivity contribution in [3.63, 3.8) is 0 Å². The highest BCUT2D eigenvalue weighted by atomic mass is 32.1. The number of thiazole rings is 1. The third-order valence-electron chi connectivity index (χ3n) is 7.96. The molecule has 224 valence electrons. The Balaban J connectivity index is 1.60. The Labute approximate surface area is 257 Å². The van der Waals surface area contributed by atoms with Gasteiger partial charge in [-0.25, -0.2) is 9.79 Å². The number of non-ortho nitro benzene ring substituents is 1. The first-order valence-corrected chi connectivity index (χ1v) is 15.4. The van der Waals surface area contributed by atoms with Crippen LogP contribution >= 0.6 is 11.3 Å². The quantitative estimate of drug-likeness (QED) is 0.195. The fourth-order valence-corrected chi connectivity index (χ4v) is 6.71. The first-order chi connectivity index (χ1) is 21.4. The summed E-state index contributed by atoms with van der Waals surface area (Å²) in [6.07, 6.45) is 1.72. The average molecular weight is 611 g/mol. The van der Waals surface area contributed by atoms with Crippen molar-refractivity contribution in [3.8, 4) is 0 Å². The van der Waals surface area contributed by atoms with E-state index in [1.807, 2.05) is 60.7 Å².